The minimum Gasteiger partial charge on any atom is -0.488 e. The first-order chi connectivity index (χ1) is 9.29. The Kier molecular flexibility index (Phi) is 4.87. The Morgan fingerprint density at radius 1 is 1.16 bits per heavy atom. The second kappa shape index (κ2) is 6.86. The summed E-state index contributed by atoms with van der Waals surface area (Å²) < 4.78 is 5.43. The van der Waals surface area contributed by atoms with Gasteiger partial charge in [0.2, 0.25) is 0 Å². The normalized spacial score (nSPS) is 9.95. The number of ether oxygens (including phenoxy) is 1. The van der Waals surface area contributed by atoms with Crippen LogP contribution in [-0.4, -0.2) is 6.61 Å². The molecule has 19 heavy (non-hydrogen) atoms. The van der Waals surface area contributed by atoms with Gasteiger partial charge < -0.3 is 10.1 Å². The zero-order valence-electron chi connectivity index (χ0n) is 10.6. The van der Waals surface area contributed by atoms with Crippen LogP contribution in [0.25, 0.3) is 0 Å². The van der Waals surface area contributed by atoms with Gasteiger partial charge >= 0.3 is 0 Å². The summed E-state index contributed by atoms with van der Waals surface area (Å²) in [5, 5.41) is 3.95. The Bertz CT molecular complexity index is 540. The van der Waals surface area contributed by atoms with Gasteiger partial charge in [-0.3, -0.25) is 0 Å². The van der Waals surface area contributed by atoms with Crippen LogP contribution >= 0.6 is 11.6 Å². The van der Waals surface area contributed by atoms with Gasteiger partial charge in [0, 0.05) is 12.2 Å². The number of hydrogen-bond acceptors (Lipinski definition) is 2. The van der Waals surface area contributed by atoms with Gasteiger partial charge in [-0.25, -0.2) is 0 Å². The summed E-state index contributed by atoms with van der Waals surface area (Å²) in [6.45, 7) is 4.80. The quantitative estimate of drug-likeness (QED) is 0.782. The summed E-state index contributed by atoms with van der Waals surface area (Å²) in [5.41, 5.74) is 2.20. The van der Waals surface area contributed by atoms with Crippen molar-refractivity contribution in [1.82, 2.24) is 0 Å². The molecule has 2 rings (SSSR count). The number of anilines is 1. The second-order valence-electron chi connectivity index (χ2n) is 4.08. The monoisotopic (exact) mass is 273 g/mol. The molecule has 0 fully saturated rings. The van der Waals surface area contributed by atoms with Crippen LogP contribution in [-0.2, 0) is 6.54 Å². The van der Waals surface area contributed by atoms with E-state index < -0.39 is 0 Å². The van der Waals surface area contributed by atoms with E-state index in [1.807, 2.05) is 48.5 Å². The lowest BCUT2D eigenvalue weighted by molar-refractivity contribution is 0.363. The van der Waals surface area contributed by atoms with Gasteiger partial charge in [0.05, 0.1) is 5.02 Å². The lowest BCUT2D eigenvalue weighted by Gasteiger charge is -2.09. The molecule has 0 spiro atoms. The molecule has 0 saturated carbocycles. The van der Waals surface area contributed by atoms with E-state index in [2.05, 4.69) is 11.9 Å². The van der Waals surface area contributed by atoms with Gasteiger partial charge in [0.1, 0.15) is 12.4 Å². The number of hydrogen-bond donors (Lipinski definition) is 1. The molecule has 0 atom stereocenters. The lowest BCUT2D eigenvalue weighted by Crippen LogP contribution is -2.00. The highest BCUT2D eigenvalue weighted by Gasteiger charge is 2.02. The molecule has 0 aliphatic carbocycles. The molecule has 0 aliphatic rings. The van der Waals surface area contributed by atoms with Crippen molar-refractivity contribution in [2.24, 2.45) is 0 Å². The molecule has 0 saturated heterocycles. The number of benzene rings is 2. The Morgan fingerprint density at radius 3 is 2.63 bits per heavy atom. The van der Waals surface area contributed by atoms with Gasteiger partial charge in [-0.05, 0) is 29.8 Å². The molecule has 2 nitrogen and oxygen atoms in total. The topological polar surface area (TPSA) is 21.3 Å². The van der Waals surface area contributed by atoms with E-state index in [-0.39, 0.29) is 0 Å². The van der Waals surface area contributed by atoms with Crippen LogP contribution in [0.15, 0.2) is 61.2 Å². The lowest BCUT2D eigenvalue weighted by atomic mass is 10.2. The Balaban J connectivity index is 1.98. The van der Waals surface area contributed by atoms with E-state index >= 15 is 0 Å². The maximum atomic E-state index is 6.16. The number of rotatable bonds is 6. The van der Waals surface area contributed by atoms with E-state index in [0.717, 1.165) is 17.8 Å². The molecule has 3 heteroatoms. The molecule has 0 radical (unpaired) electrons. The van der Waals surface area contributed by atoms with E-state index in [4.69, 9.17) is 16.3 Å². The van der Waals surface area contributed by atoms with Crippen LogP contribution < -0.4 is 10.1 Å². The molecule has 0 heterocycles. The number of para-hydroxylation sites is 1. The highest BCUT2D eigenvalue weighted by molar-refractivity contribution is 6.32. The van der Waals surface area contributed by atoms with Crippen molar-refractivity contribution in [1.29, 1.82) is 0 Å². The maximum Gasteiger partial charge on any atom is 0.138 e. The SMILES string of the molecule is C=CCOc1ccc(CNc2ccccc2)cc1Cl. The van der Waals surface area contributed by atoms with E-state index in [1.54, 1.807) is 6.08 Å². The van der Waals surface area contributed by atoms with Gasteiger partial charge in [-0.2, -0.15) is 0 Å². The molecule has 2 aromatic carbocycles. The molecule has 0 aliphatic heterocycles. The molecular formula is C16H16ClNO. The fourth-order valence-corrected chi connectivity index (χ4v) is 1.94. The van der Waals surface area contributed by atoms with Crippen LogP contribution in [0.2, 0.25) is 5.02 Å². The van der Waals surface area contributed by atoms with Crippen LogP contribution in [0, 0.1) is 0 Å². The summed E-state index contributed by atoms with van der Waals surface area (Å²) in [7, 11) is 0. The van der Waals surface area contributed by atoms with Crippen molar-refractivity contribution in [3.05, 3.63) is 71.8 Å². The van der Waals surface area contributed by atoms with Crippen molar-refractivity contribution in [2.75, 3.05) is 11.9 Å². The summed E-state index contributed by atoms with van der Waals surface area (Å²) in [4.78, 5) is 0. The molecule has 0 aromatic heterocycles. The van der Waals surface area contributed by atoms with E-state index in [0.29, 0.717) is 17.4 Å². The average molecular weight is 274 g/mol. The van der Waals surface area contributed by atoms with Crippen LogP contribution in [0.4, 0.5) is 5.69 Å². The highest BCUT2D eigenvalue weighted by Crippen LogP contribution is 2.25. The largest absolute Gasteiger partial charge is 0.488 e. The smallest absolute Gasteiger partial charge is 0.138 e. The first-order valence-corrected chi connectivity index (χ1v) is 6.48. The zero-order valence-corrected chi connectivity index (χ0v) is 11.4. The minimum atomic E-state index is 0.460. The van der Waals surface area contributed by atoms with E-state index in [9.17, 15) is 0 Å². The van der Waals surface area contributed by atoms with Crippen LogP contribution in [0.3, 0.4) is 0 Å². The van der Waals surface area contributed by atoms with Gasteiger partial charge in [0.15, 0.2) is 0 Å². The molecule has 0 unspecified atom stereocenters. The molecule has 0 bridgehead atoms. The minimum absolute atomic E-state index is 0.460. The van der Waals surface area contributed by atoms with Crippen molar-refractivity contribution >= 4 is 17.3 Å². The van der Waals surface area contributed by atoms with Crippen molar-refractivity contribution in [3.8, 4) is 5.75 Å². The van der Waals surface area contributed by atoms with Crippen molar-refractivity contribution in [3.63, 3.8) is 0 Å². The Labute approximate surface area is 118 Å². The molecule has 98 valence electrons. The van der Waals surface area contributed by atoms with Gasteiger partial charge in [-0.1, -0.05) is 48.5 Å². The molecule has 0 amide bonds. The summed E-state index contributed by atoms with van der Waals surface area (Å²) >= 11 is 6.16. The van der Waals surface area contributed by atoms with Crippen molar-refractivity contribution in [2.45, 2.75) is 6.54 Å². The summed E-state index contributed by atoms with van der Waals surface area (Å²) in [6, 6.07) is 15.9. The van der Waals surface area contributed by atoms with Gasteiger partial charge in [0.25, 0.3) is 0 Å². The van der Waals surface area contributed by atoms with Gasteiger partial charge in [-0.15, -0.1) is 0 Å². The van der Waals surface area contributed by atoms with Crippen LogP contribution in [0.1, 0.15) is 5.56 Å². The third-order valence-electron chi connectivity index (χ3n) is 2.62. The first-order valence-electron chi connectivity index (χ1n) is 6.10. The second-order valence-corrected chi connectivity index (χ2v) is 4.49. The fourth-order valence-electron chi connectivity index (χ4n) is 1.68. The maximum absolute atomic E-state index is 6.16. The third-order valence-corrected chi connectivity index (χ3v) is 2.92. The van der Waals surface area contributed by atoms with Crippen molar-refractivity contribution < 1.29 is 4.74 Å². The predicted molar refractivity (Wildman–Crippen MR) is 80.9 cm³/mol. The third kappa shape index (κ3) is 4.04. The first kappa shape index (κ1) is 13.5. The standard InChI is InChI=1S/C16H16ClNO/c1-2-10-19-16-9-8-13(11-15(16)17)12-18-14-6-4-3-5-7-14/h2-9,11,18H,1,10,12H2. The Hall–Kier alpha value is -1.93. The number of halogens is 1. The predicted octanol–water partition coefficient (Wildman–Crippen LogP) is 4.52. The van der Waals surface area contributed by atoms with Crippen LogP contribution in [0.5, 0.6) is 5.75 Å². The summed E-state index contributed by atoms with van der Waals surface area (Å²) in [6.07, 6.45) is 1.70. The molecule has 2 aromatic rings. The molecule has 1 N–H and O–H groups in total. The highest BCUT2D eigenvalue weighted by atomic mass is 35.5. The molecular weight excluding hydrogens is 258 g/mol. The fraction of sp³-hybridized carbons (Fsp3) is 0.125. The average Bonchev–Trinajstić information content (AvgIpc) is 2.45. The van der Waals surface area contributed by atoms with E-state index in [1.165, 1.54) is 0 Å². The number of nitrogens with one attached hydrogen (secondary N) is 1. The zero-order chi connectivity index (χ0) is 13.5. The Morgan fingerprint density at radius 2 is 1.95 bits per heavy atom. The summed E-state index contributed by atoms with van der Waals surface area (Å²) in [5.74, 6) is 0.685.